The standard InChI is InChI=1S/C25H28O9/c26-20(24-22(28)23(29)25(30)34-24)16-33-21(27)9-5-2-6-14-31-18-10-12-19(13-11-18)32-15-17-7-3-1-4-8-17/h1,3-4,7-8,10-13,20,24,26,28-29H,2,5-6,9,14-16H2/t20-,24+/m0/s1. The second kappa shape index (κ2) is 12.5. The molecule has 0 saturated heterocycles. The Labute approximate surface area is 197 Å². The normalized spacial score (nSPS) is 16.1. The van der Waals surface area contributed by atoms with E-state index in [0.717, 1.165) is 29.9 Å². The minimum atomic E-state index is -1.47. The Kier molecular flexibility index (Phi) is 9.16. The zero-order chi connectivity index (χ0) is 24.3. The van der Waals surface area contributed by atoms with Gasteiger partial charge in [-0.05, 0) is 49.1 Å². The molecule has 3 N–H and O–H groups in total. The fraction of sp³-hybridized carbons (Fsp3) is 0.360. The zero-order valence-electron chi connectivity index (χ0n) is 18.6. The highest BCUT2D eigenvalue weighted by Gasteiger charge is 2.39. The van der Waals surface area contributed by atoms with Gasteiger partial charge in [-0.2, -0.15) is 0 Å². The molecule has 0 spiro atoms. The Morgan fingerprint density at radius 3 is 2.26 bits per heavy atom. The molecule has 9 heteroatoms. The van der Waals surface area contributed by atoms with Crippen molar-refractivity contribution in [1.29, 1.82) is 0 Å². The number of aliphatic hydroxyl groups excluding tert-OH is 3. The molecule has 0 saturated carbocycles. The lowest BCUT2D eigenvalue weighted by Gasteiger charge is -2.17. The van der Waals surface area contributed by atoms with E-state index in [1.807, 2.05) is 54.6 Å². The van der Waals surface area contributed by atoms with E-state index < -0.39 is 42.3 Å². The fourth-order valence-corrected chi connectivity index (χ4v) is 3.18. The van der Waals surface area contributed by atoms with Gasteiger partial charge in [0, 0.05) is 6.42 Å². The van der Waals surface area contributed by atoms with Crippen molar-refractivity contribution in [1.82, 2.24) is 0 Å². The number of carbonyl (C=O) groups excluding carboxylic acids is 2. The third kappa shape index (κ3) is 7.41. The van der Waals surface area contributed by atoms with Gasteiger partial charge < -0.3 is 34.3 Å². The third-order valence-electron chi connectivity index (χ3n) is 5.07. The molecule has 0 unspecified atom stereocenters. The first-order chi connectivity index (χ1) is 16.4. The minimum Gasteiger partial charge on any atom is -0.505 e. The average molecular weight is 472 g/mol. The first-order valence-electron chi connectivity index (χ1n) is 11.0. The monoisotopic (exact) mass is 472 g/mol. The Balaban J connectivity index is 1.23. The highest BCUT2D eigenvalue weighted by atomic mass is 16.6. The molecule has 182 valence electrons. The van der Waals surface area contributed by atoms with Crippen LogP contribution in [0.4, 0.5) is 0 Å². The number of carbonyl (C=O) groups is 2. The number of cyclic esters (lactones) is 1. The largest absolute Gasteiger partial charge is 0.505 e. The van der Waals surface area contributed by atoms with Gasteiger partial charge in [0.2, 0.25) is 5.76 Å². The van der Waals surface area contributed by atoms with Crippen LogP contribution in [0.1, 0.15) is 31.2 Å². The molecule has 0 radical (unpaired) electrons. The van der Waals surface area contributed by atoms with E-state index in [4.69, 9.17) is 14.2 Å². The summed E-state index contributed by atoms with van der Waals surface area (Å²) in [5.41, 5.74) is 1.10. The maximum atomic E-state index is 11.8. The molecule has 0 amide bonds. The summed E-state index contributed by atoms with van der Waals surface area (Å²) < 4.78 is 21.0. The molecule has 9 nitrogen and oxygen atoms in total. The van der Waals surface area contributed by atoms with Crippen LogP contribution in [-0.4, -0.2) is 52.7 Å². The predicted molar refractivity (Wildman–Crippen MR) is 120 cm³/mol. The molecule has 2 aromatic rings. The number of benzene rings is 2. The predicted octanol–water partition coefficient (Wildman–Crippen LogP) is 3.36. The quantitative estimate of drug-likeness (QED) is 0.296. The molecule has 2 aromatic carbocycles. The van der Waals surface area contributed by atoms with E-state index in [1.165, 1.54) is 0 Å². The van der Waals surface area contributed by atoms with Crippen LogP contribution in [-0.2, 0) is 25.7 Å². The molecular formula is C25H28O9. The van der Waals surface area contributed by atoms with Crippen LogP contribution in [0.3, 0.4) is 0 Å². The molecular weight excluding hydrogens is 444 g/mol. The molecule has 0 aliphatic carbocycles. The van der Waals surface area contributed by atoms with Crippen molar-refractivity contribution in [2.24, 2.45) is 0 Å². The van der Waals surface area contributed by atoms with E-state index in [-0.39, 0.29) is 6.42 Å². The van der Waals surface area contributed by atoms with Crippen molar-refractivity contribution < 1.29 is 43.9 Å². The molecule has 0 fully saturated rings. The molecule has 3 rings (SSSR count). The summed E-state index contributed by atoms with van der Waals surface area (Å²) >= 11 is 0. The highest BCUT2D eigenvalue weighted by molar-refractivity contribution is 5.89. The van der Waals surface area contributed by atoms with Gasteiger partial charge in [0.05, 0.1) is 6.61 Å². The Hall–Kier alpha value is -3.72. The number of hydrogen-bond donors (Lipinski definition) is 3. The van der Waals surface area contributed by atoms with E-state index >= 15 is 0 Å². The molecule has 1 aliphatic rings. The number of unbranched alkanes of at least 4 members (excludes halogenated alkanes) is 2. The maximum absolute atomic E-state index is 11.8. The Bertz CT molecular complexity index is 970. The summed E-state index contributed by atoms with van der Waals surface area (Å²) in [7, 11) is 0. The van der Waals surface area contributed by atoms with Crippen LogP contribution in [0.15, 0.2) is 66.1 Å². The van der Waals surface area contributed by atoms with Crippen molar-refractivity contribution >= 4 is 11.9 Å². The third-order valence-corrected chi connectivity index (χ3v) is 5.07. The molecule has 0 bridgehead atoms. The van der Waals surface area contributed by atoms with Gasteiger partial charge in [-0.25, -0.2) is 4.79 Å². The summed E-state index contributed by atoms with van der Waals surface area (Å²) in [6, 6.07) is 17.3. The minimum absolute atomic E-state index is 0.150. The summed E-state index contributed by atoms with van der Waals surface area (Å²) in [5.74, 6) is -1.90. The number of esters is 2. The number of aliphatic hydroxyl groups is 3. The summed E-state index contributed by atoms with van der Waals surface area (Å²) in [5, 5.41) is 28.6. The van der Waals surface area contributed by atoms with Gasteiger partial charge >= 0.3 is 11.9 Å². The number of hydrogen-bond acceptors (Lipinski definition) is 9. The van der Waals surface area contributed by atoms with E-state index in [0.29, 0.717) is 19.6 Å². The van der Waals surface area contributed by atoms with Crippen LogP contribution in [0, 0.1) is 0 Å². The van der Waals surface area contributed by atoms with Crippen molar-refractivity contribution in [3.8, 4) is 11.5 Å². The van der Waals surface area contributed by atoms with Crippen LogP contribution in [0.2, 0.25) is 0 Å². The Morgan fingerprint density at radius 2 is 1.62 bits per heavy atom. The summed E-state index contributed by atoms with van der Waals surface area (Å²) in [4.78, 5) is 22.9. The zero-order valence-corrected chi connectivity index (χ0v) is 18.6. The molecule has 1 aliphatic heterocycles. The van der Waals surface area contributed by atoms with Crippen molar-refractivity contribution in [2.75, 3.05) is 13.2 Å². The maximum Gasteiger partial charge on any atom is 0.377 e. The Morgan fingerprint density at radius 1 is 0.941 bits per heavy atom. The average Bonchev–Trinajstić information content (AvgIpc) is 3.12. The van der Waals surface area contributed by atoms with Crippen molar-refractivity contribution in [3.05, 3.63) is 71.7 Å². The van der Waals surface area contributed by atoms with Crippen LogP contribution in [0.25, 0.3) is 0 Å². The van der Waals surface area contributed by atoms with E-state index in [9.17, 15) is 24.9 Å². The SMILES string of the molecule is O=C(CCCCCOc1ccc(OCc2ccccc2)cc1)OC[C@H](O)[C@H]1OC(=O)C(O)=C1O. The first-order valence-corrected chi connectivity index (χ1v) is 11.0. The summed E-state index contributed by atoms with van der Waals surface area (Å²) in [6.45, 7) is 0.530. The first kappa shape index (κ1) is 24.9. The van der Waals surface area contributed by atoms with Gasteiger partial charge in [0.15, 0.2) is 11.9 Å². The fourth-order valence-electron chi connectivity index (χ4n) is 3.18. The highest BCUT2D eigenvalue weighted by Crippen LogP contribution is 2.22. The molecule has 34 heavy (non-hydrogen) atoms. The van der Waals surface area contributed by atoms with Gasteiger partial charge in [-0.1, -0.05) is 30.3 Å². The van der Waals surface area contributed by atoms with E-state index in [2.05, 4.69) is 4.74 Å². The van der Waals surface area contributed by atoms with E-state index in [1.54, 1.807) is 0 Å². The van der Waals surface area contributed by atoms with Gasteiger partial charge in [0.25, 0.3) is 0 Å². The van der Waals surface area contributed by atoms with Gasteiger partial charge in [-0.15, -0.1) is 0 Å². The van der Waals surface area contributed by atoms with Crippen molar-refractivity contribution in [2.45, 2.75) is 44.5 Å². The second-order valence-corrected chi connectivity index (χ2v) is 7.71. The summed E-state index contributed by atoms with van der Waals surface area (Å²) in [6.07, 6.45) is -0.693. The number of rotatable bonds is 13. The second-order valence-electron chi connectivity index (χ2n) is 7.71. The van der Waals surface area contributed by atoms with Gasteiger partial charge in [0.1, 0.15) is 30.8 Å². The van der Waals surface area contributed by atoms with Crippen molar-refractivity contribution in [3.63, 3.8) is 0 Å². The molecule has 0 aromatic heterocycles. The van der Waals surface area contributed by atoms with Crippen LogP contribution >= 0.6 is 0 Å². The molecule has 1 heterocycles. The smallest absolute Gasteiger partial charge is 0.377 e. The van der Waals surface area contributed by atoms with Gasteiger partial charge in [-0.3, -0.25) is 4.79 Å². The topological polar surface area (TPSA) is 132 Å². The van der Waals surface area contributed by atoms with Crippen LogP contribution < -0.4 is 9.47 Å². The number of ether oxygens (including phenoxy) is 4. The lowest BCUT2D eigenvalue weighted by atomic mass is 10.2. The van der Waals surface area contributed by atoms with Crippen LogP contribution in [0.5, 0.6) is 11.5 Å². The molecule has 2 atom stereocenters. The lowest BCUT2D eigenvalue weighted by molar-refractivity contribution is -0.154. The lowest BCUT2D eigenvalue weighted by Crippen LogP contribution is -2.33.